The van der Waals surface area contributed by atoms with Gasteiger partial charge in [-0.3, -0.25) is 10.0 Å². The van der Waals surface area contributed by atoms with Gasteiger partial charge in [0.05, 0.1) is 0 Å². The predicted octanol–water partition coefficient (Wildman–Crippen LogP) is 2.89. The second-order valence-corrected chi connectivity index (χ2v) is 8.32. The quantitative estimate of drug-likeness (QED) is 0.315. The molecule has 136 valence electrons. The molecule has 2 atom stereocenters. The molecule has 0 bridgehead atoms. The van der Waals surface area contributed by atoms with E-state index in [0.29, 0.717) is 12.8 Å². The Balaban J connectivity index is 1.92. The van der Waals surface area contributed by atoms with Crippen LogP contribution in [0.25, 0.3) is 0 Å². The summed E-state index contributed by atoms with van der Waals surface area (Å²) in [4.78, 5) is 11.5. The van der Waals surface area contributed by atoms with Gasteiger partial charge in [0.2, 0.25) is 15.5 Å². The molecule has 0 aliphatic rings. The van der Waals surface area contributed by atoms with Crippen LogP contribution in [-0.2, 0) is 25.6 Å². The minimum absolute atomic E-state index is 0.216. The molecule has 1 amide bonds. The van der Waals surface area contributed by atoms with Gasteiger partial charge in [-0.15, -0.1) is 0 Å². The van der Waals surface area contributed by atoms with E-state index in [1.807, 2.05) is 54.6 Å². The molecule has 2 unspecified atom stereocenters. The van der Waals surface area contributed by atoms with E-state index in [-0.39, 0.29) is 6.42 Å². The van der Waals surface area contributed by atoms with Crippen LogP contribution >= 0.6 is 0 Å². The molecule has 0 heterocycles. The average molecular weight is 372 g/mol. The Hall–Kier alpha value is -2.46. The Bertz CT molecular complexity index is 832. The number of hydrogen-bond donors (Lipinski definition) is 3. The zero-order chi connectivity index (χ0) is 19.0. The molecule has 0 fully saturated rings. The van der Waals surface area contributed by atoms with Gasteiger partial charge in [-0.25, -0.2) is 5.48 Å². The van der Waals surface area contributed by atoms with Gasteiger partial charge in [0.15, 0.2) is 0 Å². The van der Waals surface area contributed by atoms with Crippen LogP contribution in [0.5, 0.6) is 0 Å². The maximum Gasteiger partial charge on any atom is 0.299 e. The lowest BCUT2D eigenvalue weighted by molar-refractivity contribution is -0.128. The van der Waals surface area contributed by atoms with Gasteiger partial charge in [-0.1, -0.05) is 46.4 Å². The fourth-order valence-corrected chi connectivity index (χ4v) is 3.59. The normalized spacial score (nSPS) is 13.8. The molecule has 0 aromatic heterocycles. The third-order valence-corrected chi connectivity index (χ3v) is 5.45. The highest BCUT2D eigenvalue weighted by atomic mass is 32.3. The second kappa shape index (κ2) is 9.30. The molecule has 0 saturated heterocycles. The summed E-state index contributed by atoms with van der Waals surface area (Å²) in [6.07, 6.45) is 2.54. The van der Waals surface area contributed by atoms with Crippen molar-refractivity contribution in [1.82, 2.24) is 5.48 Å². The van der Waals surface area contributed by atoms with E-state index in [9.17, 15) is 13.6 Å². The fraction of sp³-hybridized carbons (Fsp3) is 0.250. The molecule has 2 rings (SSSR count). The second-order valence-electron chi connectivity index (χ2n) is 6.03. The molecule has 0 saturated carbocycles. The van der Waals surface area contributed by atoms with Crippen molar-refractivity contribution in [2.45, 2.75) is 24.5 Å². The number of nitrogens with one attached hydrogen (secondary N) is 1. The molecule has 0 spiro atoms. The van der Waals surface area contributed by atoms with E-state index in [1.54, 1.807) is 0 Å². The Morgan fingerprint density at radius 1 is 1.08 bits per heavy atom. The van der Waals surface area contributed by atoms with Crippen molar-refractivity contribution >= 4 is 16.1 Å². The van der Waals surface area contributed by atoms with Crippen LogP contribution in [0.3, 0.4) is 0 Å². The Morgan fingerprint density at radius 2 is 1.65 bits per heavy atom. The van der Waals surface area contributed by atoms with Crippen molar-refractivity contribution in [1.29, 1.82) is 0 Å². The lowest BCUT2D eigenvalue weighted by Crippen LogP contribution is -2.40. The third kappa shape index (κ3) is 6.12. The summed E-state index contributed by atoms with van der Waals surface area (Å²) in [5, 5.41) is 7.58. The van der Waals surface area contributed by atoms with Crippen LogP contribution in [-0.4, -0.2) is 27.2 Å². The van der Waals surface area contributed by atoms with Gasteiger partial charge >= 0.3 is 0 Å². The Labute approximate surface area is 154 Å². The molecule has 3 N–H and O–H groups in total. The smallest absolute Gasteiger partial charge is 0.288 e. The Morgan fingerprint density at radius 3 is 2.19 bits per heavy atom. The molecule has 2 aromatic carbocycles. The lowest BCUT2D eigenvalue weighted by atomic mass is 10.0. The molecular weight excluding hydrogens is 350 g/mol. The van der Waals surface area contributed by atoms with Crippen LogP contribution < -0.4 is 5.48 Å². The summed E-state index contributed by atoms with van der Waals surface area (Å²) in [5.41, 5.74) is 4.38. The number of carbonyl (C=O) groups excluding carboxylic acids is 1. The van der Waals surface area contributed by atoms with E-state index in [1.165, 1.54) is 5.48 Å². The van der Waals surface area contributed by atoms with E-state index < -0.39 is 21.4 Å². The van der Waals surface area contributed by atoms with Gasteiger partial charge in [0, 0.05) is 17.5 Å². The molecule has 0 radical (unpaired) electrons. The van der Waals surface area contributed by atoms with Gasteiger partial charge < -0.3 is 0 Å². The van der Waals surface area contributed by atoms with Crippen LogP contribution in [0, 0.1) is 11.8 Å². The standard InChI is InChI=1S/C20H21NO4S/c1-26(24,25)19(20(22)21-23)9-5-8-17-11-14-18(15-12-17)13-10-16-6-3-2-4-7-16/h2-4,6-7,11-12,14-15,19H,5,8-9H2,1H3,(H2-,21,22,23,24,25)/p+1. The van der Waals surface area contributed by atoms with Crippen molar-refractivity contribution < 1.29 is 18.8 Å². The fourth-order valence-electron chi connectivity index (χ4n) is 2.53. The first kappa shape index (κ1) is 19.9. The SMILES string of the molecule is C[S+](=O)(O)C(CCCc1ccc(C#Cc2ccccc2)cc1)C(=O)NO. The van der Waals surface area contributed by atoms with Gasteiger partial charge in [0.25, 0.3) is 5.91 Å². The molecular formula is C20H22NO4S+. The van der Waals surface area contributed by atoms with E-state index in [0.717, 1.165) is 22.9 Å². The van der Waals surface area contributed by atoms with Crippen LogP contribution in [0.4, 0.5) is 0 Å². The zero-order valence-electron chi connectivity index (χ0n) is 14.5. The minimum Gasteiger partial charge on any atom is -0.288 e. The lowest BCUT2D eigenvalue weighted by Gasteiger charge is -2.12. The highest BCUT2D eigenvalue weighted by molar-refractivity contribution is 7.98. The molecule has 6 heteroatoms. The highest BCUT2D eigenvalue weighted by Crippen LogP contribution is 2.15. The summed E-state index contributed by atoms with van der Waals surface area (Å²) in [6, 6.07) is 17.5. The summed E-state index contributed by atoms with van der Waals surface area (Å²) < 4.78 is 21.3. The number of benzene rings is 2. The van der Waals surface area contributed by atoms with Crippen molar-refractivity contribution in [2.24, 2.45) is 0 Å². The van der Waals surface area contributed by atoms with Crippen molar-refractivity contribution in [3.63, 3.8) is 0 Å². The van der Waals surface area contributed by atoms with E-state index in [4.69, 9.17) is 5.21 Å². The number of hydroxylamine groups is 1. The number of hydrogen-bond acceptors (Lipinski definition) is 3. The monoisotopic (exact) mass is 372 g/mol. The molecule has 2 aromatic rings. The molecule has 0 aliphatic carbocycles. The molecule has 0 aliphatic heterocycles. The van der Waals surface area contributed by atoms with Gasteiger partial charge in [0.1, 0.15) is 6.26 Å². The number of aryl methyl sites for hydroxylation is 1. The van der Waals surface area contributed by atoms with Crippen LogP contribution in [0.1, 0.15) is 29.5 Å². The highest BCUT2D eigenvalue weighted by Gasteiger charge is 2.38. The summed E-state index contributed by atoms with van der Waals surface area (Å²) >= 11 is 0. The van der Waals surface area contributed by atoms with Crippen molar-refractivity contribution in [2.75, 3.05) is 6.26 Å². The van der Waals surface area contributed by atoms with Gasteiger partial charge in [-0.2, -0.15) is 4.55 Å². The van der Waals surface area contributed by atoms with Crippen molar-refractivity contribution in [3.8, 4) is 11.8 Å². The maximum absolute atomic E-state index is 11.7. The summed E-state index contributed by atoms with van der Waals surface area (Å²) in [5.74, 6) is 5.37. The van der Waals surface area contributed by atoms with Crippen LogP contribution in [0.15, 0.2) is 54.6 Å². The largest absolute Gasteiger partial charge is 0.299 e. The molecule has 5 nitrogen and oxygen atoms in total. The number of amides is 1. The van der Waals surface area contributed by atoms with E-state index >= 15 is 0 Å². The number of rotatable bonds is 6. The van der Waals surface area contributed by atoms with Crippen LogP contribution in [0.2, 0.25) is 0 Å². The predicted molar refractivity (Wildman–Crippen MR) is 102 cm³/mol. The molecule has 26 heavy (non-hydrogen) atoms. The Kier molecular flexibility index (Phi) is 7.10. The first-order chi connectivity index (χ1) is 12.4. The third-order valence-electron chi connectivity index (χ3n) is 3.94. The summed E-state index contributed by atoms with van der Waals surface area (Å²) in [7, 11) is -3.31. The minimum atomic E-state index is -3.31. The topological polar surface area (TPSA) is 86.6 Å². The first-order valence-electron chi connectivity index (χ1n) is 8.20. The zero-order valence-corrected chi connectivity index (χ0v) is 15.3. The van der Waals surface area contributed by atoms with Crippen molar-refractivity contribution in [3.05, 3.63) is 71.3 Å². The van der Waals surface area contributed by atoms with Gasteiger partial charge in [-0.05, 0) is 42.7 Å². The number of carbonyl (C=O) groups is 1. The first-order valence-corrected chi connectivity index (χ1v) is 10.2. The average Bonchev–Trinajstić information content (AvgIpc) is 2.64. The maximum atomic E-state index is 11.7. The summed E-state index contributed by atoms with van der Waals surface area (Å²) in [6.45, 7) is 0. The van der Waals surface area contributed by atoms with E-state index in [2.05, 4.69) is 11.8 Å².